The number of benzene rings is 3. The molecule has 0 fully saturated rings. The summed E-state index contributed by atoms with van der Waals surface area (Å²) < 4.78 is 30.1. The van der Waals surface area contributed by atoms with E-state index in [-0.39, 0.29) is 16.2 Å². The molecule has 0 saturated carbocycles. The smallest absolute Gasteiger partial charge is 0.335 e. The number of halogens is 1. The van der Waals surface area contributed by atoms with Crippen LogP contribution in [0.1, 0.15) is 15.9 Å². The minimum atomic E-state index is -4.24. The topological polar surface area (TPSA) is 80.7 Å². The van der Waals surface area contributed by atoms with E-state index in [4.69, 9.17) is 15.4 Å². The van der Waals surface area contributed by atoms with Crippen LogP contribution in [0.15, 0.2) is 82.6 Å². The molecule has 3 aromatic rings. The molecule has 0 spiro atoms. The lowest BCUT2D eigenvalue weighted by Crippen LogP contribution is -2.04. The van der Waals surface area contributed by atoms with Crippen molar-refractivity contribution in [3.05, 3.63) is 83.9 Å². The SMILES string of the molecule is O=C(O)c1cc(SCc2ccccc2)c(Oc2ccccc2)c(S(=O)(=O)Cl)c1. The lowest BCUT2D eigenvalue weighted by molar-refractivity contribution is 0.0696. The Labute approximate surface area is 171 Å². The number of carbonyl (C=O) groups is 1. The van der Waals surface area contributed by atoms with Crippen molar-refractivity contribution >= 4 is 37.5 Å². The van der Waals surface area contributed by atoms with Gasteiger partial charge in [0.1, 0.15) is 10.6 Å². The molecule has 0 unspecified atom stereocenters. The van der Waals surface area contributed by atoms with Gasteiger partial charge in [0.25, 0.3) is 9.05 Å². The van der Waals surface area contributed by atoms with Crippen LogP contribution < -0.4 is 4.74 Å². The molecule has 144 valence electrons. The number of rotatable bonds is 7. The fraction of sp³-hybridized carbons (Fsp3) is 0.0500. The van der Waals surface area contributed by atoms with E-state index in [2.05, 4.69) is 0 Å². The number of hydrogen-bond acceptors (Lipinski definition) is 5. The molecule has 3 aromatic carbocycles. The Hall–Kier alpha value is -2.48. The standard InChI is InChI=1S/C20H15ClO5S2/c21-28(24,25)18-12-15(20(22)23)11-17(27-13-14-7-3-1-4-8-14)19(18)26-16-9-5-2-6-10-16/h1-12H,13H2,(H,22,23). The van der Waals surface area contributed by atoms with Crippen LogP contribution in [-0.4, -0.2) is 19.5 Å². The zero-order chi connectivity index (χ0) is 20.1. The van der Waals surface area contributed by atoms with Crippen LogP contribution in [0.5, 0.6) is 11.5 Å². The Balaban J connectivity index is 2.10. The summed E-state index contributed by atoms with van der Waals surface area (Å²) in [6.45, 7) is 0. The number of aromatic carboxylic acids is 1. The van der Waals surface area contributed by atoms with Gasteiger partial charge in [-0.25, -0.2) is 13.2 Å². The minimum Gasteiger partial charge on any atom is -0.478 e. The number of thioether (sulfide) groups is 1. The fourth-order valence-electron chi connectivity index (χ4n) is 2.43. The van der Waals surface area contributed by atoms with E-state index in [1.54, 1.807) is 30.3 Å². The minimum absolute atomic E-state index is 0.00660. The fourth-order valence-corrected chi connectivity index (χ4v) is 4.49. The number of carboxylic acid groups (broad SMARTS) is 1. The molecule has 0 atom stereocenters. The summed E-state index contributed by atoms with van der Waals surface area (Å²) in [6.07, 6.45) is 0. The van der Waals surface area contributed by atoms with E-state index in [0.29, 0.717) is 16.4 Å². The highest BCUT2D eigenvalue weighted by Gasteiger charge is 2.24. The third-order valence-electron chi connectivity index (χ3n) is 3.73. The number of hydrogen-bond donors (Lipinski definition) is 1. The van der Waals surface area contributed by atoms with Gasteiger partial charge in [0.15, 0.2) is 5.75 Å². The Morgan fingerprint density at radius 2 is 1.61 bits per heavy atom. The Bertz CT molecular complexity index is 1080. The molecular weight excluding hydrogens is 420 g/mol. The molecule has 5 nitrogen and oxygen atoms in total. The first-order valence-corrected chi connectivity index (χ1v) is 11.4. The first-order valence-electron chi connectivity index (χ1n) is 8.10. The highest BCUT2D eigenvalue weighted by Crippen LogP contribution is 2.41. The summed E-state index contributed by atoms with van der Waals surface area (Å²) in [4.78, 5) is 11.5. The maximum Gasteiger partial charge on any atom is 0.335 e. The van der Waals surface area contributed by atoms with Crippen molar-refractivity contribution in [2.75, 3.05) is 0 Å². The molecule has 0 radical (unpaired) electrons. The van der Waals surface area contributed by atoms with Gasteiger partial charge in [0.2, 0.25) is 0 Å². The number of carboxylic acids is 1. The maximum atomic E-state index is 12.1. The van der Waals surface area contributed by atoms with Crippen LogP contribution in [0, 0.1) is 0 Å². The van der Waals surface area contributed by atoms with Gasteiger partial charge < -0.3 is 9.84 Å². The Morgan fingerprint density at radius 3 is 2.18 bits per heavy atom. The first-order chi connectivity index (χ1) is 13.3. The van der Waals surface area contributed by atoms with Gasteiger partial charge in [-0.2, -0.15) is 0 Å². The van der Waals surface area contributed by atoms with Crippen LogP contribution in [0.25, 0.3) is 0 Å². The molecule has 0 amide bonds. The van der Waals surface area contributed by atoms with Gasteiger partial charge in [-0.3, -0.25) is 0 Å². The molecular formula is C20H15ClO5S2. The summed E-state index contributed by atoms with van der Waals surface area (Å²) in [7, 11) is 1.34. The van der Waals surface area contributed by atoms with E-state index in [1.807, 2.05) is 30.3 Å². The van der Waals surface area contributed by atoms with Crippen molar-refractivity contribution in [3.8, 4) is 11.5 Å². The monoisotopic (exact) mass is 434 g/mol. The molecule has 0 aliphatic carbocycles. The molecule has 0 aliphatic rings. The van der Waals surface area contributed by atoms with Crippen LogP contribution in [0.2, 0.25) is 0 Å². The van der Waals surface area contributed by atoms with Crippen molar-refractivity contribution in [3.63, 3.8) is 0 Å². The second-order valence-corrected chi connectivity index (χ2v) is 9.29. The molecule has 1 N–H and O–H groups in total. The number of ether oxygens (including phenoxy) is 1. The van der Waals surface area contributed by atoms with Crippen molar-refractivity contribution in [1.82, 2.24) is 0 Å². The van der Waals surface area contributed by atoms with Crippen molar-refractivity contribution in [2.45, 2.75) is 15.5 Å². The third kappa shape index (κ3) is 5.07. The number of para-hydroxylation sites is 1. The summed E-state index contributed by atoms with van der Waals surface area (Å²) in [6, 6.07) is 20.5. The van der Waals surface area contributed by atoms with Crippen LogP contribution in [0.4, 0.5) is 0 Å². The average Bonchev–Trinajstić information content (AvgIpc) is 2.67. The summed E-state index contributed by atoms with van der Waals surface area (Å²) in [5.74, 6) is -0.341. The van der Waals surface area contributed by atoms with Gasteiger partial charge >= 0.3 is 5.97 Å². The lowest BCUT2D eigenvalue weighted by atomic mass is 10.2. The van der Waals surface area contributed by atoms with Crippen molar-refractivity contribution in [2.24, 2.45) is 0 Å². The second kappa shape index (κ2) is 8.68. The summed E-state index contributed by atoms with van der Waals surface area (Å²) in [5.41, 5.74) is 0.810. The van der Waals surface area contributed by atoms with Gasteiger partial charge in [-0.15, -0.1) is 11.8 Å². The maximum absolute atomic E-state index is 12.1. The second-order valence-electron chi connectivity index (χ2n) is 5.73. The van der Waals surface area contributed by atoms with Gasteiger partial charge in [0, 0.05) is 16.4 Å². The third-order valence-corrected chi connectivity index (χ3v) is 6.15. The van der Waals surface area contributed by atoms with Crippen LogP contribution in [0.3, 0.4) is 0 Å². The van der Waals surface area contributed by atoms with Crippen LogP contribution >= 0.6 is 22.4 Å². The van der Waals surface area contributed by atoms with Gasteiger partial charge in [-0.1, -0.05) is 48.5 Å². The normalized spacial score (nSPS) is 11.2. The quantitative estimate of drug-likeness (QED) is 0.396. The summed E-state index contributed by atoms with van der Waals surface area (Å²) >= 11 is 1.27. The Morgan fingerprint density at radius 1 is 1.00 bits per heavy atom. The molecule has 0 bridgehead atoms. The Kier molecular flexibility index (Phi) is 6.28. The molecule has 28 heavy (non-hydrogen) atoms. The molecule has 0 heterocycles. The molecule has 0 saturated heterocycles. The summed E-state index contributed by atoms with van der Waals surface area (Å²) in [5, 5.41) is 9.38. The van der Waals surface area contributed by atoms with Crippen LogP contribution in [-0.2, 0) is 14.8 Å². The van der Waals surface area contributed by atoms with E-state index in [0.717, 1.165) is 11.6 Å². The molecule has 8 heteroatoms. The highest BCUT2D eigenvalue weighted by atomic mass is 35.7. The molecule has 0 aliphatic heterocycles. The lowest BCUT2D eigenvalue weighted by Gasteiger charge is -2.15. The van der Waals surface area contributed by atoms with Crippen molar-refractivity contribution < 1.29 is 23.1 Å². The molecule has 3 rings (SSSR count). The van der Waals surface area contributed by atoms with Gasteiger partial charge in [-0.05, 0) is 29.8 Å². The predicted molar refractivity (Wildman–Crippen MR) is 109 cm³/mol. The first kappa shape index (κ1) is 20.3. The zero-order valence-corrected chi connectivity index (χ0v) is 16.8. The zero-order valence-electron chi connectivity index (χ0n) is 14.4. The molecule has 0 aromatic heterocycles. The van der Waals surface area contributed by atoms with E-state index < -0.39 is 15.0 Å². The van der Waals surface area contributed by atoms with E-state index >= 15 is 0 Å². The largest absolute Gasteiger partial charge is 0.478 e. The predicted octanol–water partition coefficient (Wildman–Crippen LogP) is 5.40. The van der Waals surface area contributed by atoms with Gasteiger partial charge in [0.05, 0.1) is 10.5 Å². The average molecular weight is 435 g/mol. The van der Waals surface area contributed by atoms with Crippen molar-refractivity contribution in [1.29, 1.82) is 0 Å². The van der Waals surface area contributed by atoms with E-state index in [9.17, 15) is 18.3 Å². The highest BCUT2D eigenvalue weighted by molar-refractivity contribution is 8.13. The van der Waals surface area contributed by atoms with E-state index in [1.165, 1.54) is 17.8 Å².